The maximum absolute atomic E-state index is 11.9. The van der Waals surface area contributed by atoms with Crippen LogP contribution in [0.1, 0.15) is 10.4 Å². The Balaban J connectivity index is 2.01. The van der Waals surface area contributed by atoms with Gasteiger partial charge in [-0.1, -0.05) is 45.7 Å². The van der Waals surface area contributed by atoms with Crippen molar-refractivity contribution in [2.24, 2.45) is 0 Å². The minimum Gasteiger partial charge on any atom is -0.299 e. The van der Waals surface area contributed by atoms with E-state index in [-0.39, 0.29) is 5.78 Å². The van der Waals surface area contributed by atoms with Crippen LogP contribution >= 0.6 is 38.9 Å². The van der Waals surface area contributed by atoms with Gasteiger partial charge in [-0.05, 0) is 23.8 Å². The van der Waals surface area contributed by atoms with Crippen molar-refractivity contribution in [2.45, 2.75) is 12.8 Å². The minimum atomic E-state index is 0.204. The van der Waals surface area contributed by atoms with Gasteiger partial charge in [0.15, 0.2) is 0 Å². The van der Waals surface area contributed by atoms with E-state index < -0.39 is 0 Å². The SMILES string of the molecule is O=C(Cc1ccc(Cl)s1)Cc1ccccc1Br. The van der Waals surface area contributed by atoms with E-state index in [0.717, 1.165) is 19.2 Å². The molecule has 0 atom stereocenters. The number of carbonyl (C=O) groups excluding carboxylic acids is 1. The number of benzene rings is 1. The highest BCUT2D eigenvalue weighted by Gasteiger charge is 2.09. The first-order valence-corrected chi connectivity index (χ1v) is 7.13. The van der Waals surface area contributed by atoms with E-state index in [4.69, 9.17) is 11.6 Å². The zero-order valence-electron chi connectivity index (χ0n) is 8.95. The third-order valence-corrected chi connectivity index (χ3v) is 4.35. The molecular formula is C13H10BrClOS. The molecule has 2 aromatic rings. The topological polar surface area (TPSA) is 17.1 Å². The molecule has 0 radical (unpaired) electrons. The maximum atomic E-state index is 11.9. The molecule has 0 fully saturated rings. The average molecular weight is 330 g/mol. The van der Waals surface area contributed by atoms with Gasteiger partial charge in [0.2, 0.25) is 0 Å². The second-order valence-electron chi connectivity index (χ2n) is 3.69. The standard InChI is InChI=1S/C13H10BrClOS/c14-12-4-2-1-3-9(12)7-10(16)8-11-5-6-13(15)17-11/h1-6H,7-8H2. The summed E-state index contributed by atoms with van der Waals surface area (Å²) in [5, 5.41) is 0. The van der Waals surface area contributed by atoms with E-state index in [1.54, 1.807) is 0 Å². The zero-order valence-corrected chi connectivity index (χ0v) is 12.1. The molecule has 1 nitrogen and oxygen atoms in total. The van der Waals surface area contributed by atoms with E-state index in [2.05, 4.69) is 15.9 Å². The van der Waals surface area contributed by atoms with Crippen LogP contribution in [0.25, 0.3) is 0 Å². The summed E-state index contributed by atoms with van der Waals surface area (Å²) in [5.74, 6) is 0.204. The van der Waals surface area contributed by atoms with Gasteiger partial charge in [0.25, 0.3) is 0 Å². The average Bonchev–Trinajstić information content (AvgIpc) is 2.67. The minimum absolute atomic E-state index is 0.204. The fraction of sp³-hybridized carbons (Fsp3) is 0.154. The Morgan fingerprint density at radius 1 is 1.18 bits per heavy atom. The summed E-state index contributed by atoms with van der Waals surface area (Å²) in [6, 6.07) is 11.5. The number of hydrogen-bond donors (Lipinski definition) is 0. The van der Waals surface area contributed by atoms with Gasteiger partial charge in [-0.3, -0.25) is 4.79 Å². The van der Waals surface area contributed by atoms with E-state index in [1.165, 1.54) is 11.3 Å². The van der Waals surface area contributed by atoms with Crippen LogP contribution in [0.3, 0.4) is 0 Å². The number of rotatable bonds is 4. The Morgan fingerprint density at radius 2 is 1.94 bits per heavy atom. The molecule has 0 aliphatic carbocycles. The second-order valence-corrected chi connectivity index (χ2v) is 6.34. The Hall–Kier alpha value is -0.640. The molecule has 1 heterocycles. The van der Waals surface area contributed by atoms with Gasteiger partial charge < -0.3 is 0 Å². The van der Waals surface area contributed by atoms with E-state index in [0.29, 0.717) is 12.8 Å². The number of carbonyl (C=O) groups is 1. The first-order valence-electron chi connectivity index (χ1n) is 5.14. The van der Waals surface area contributed by atoms with Crippen LogP contribution in [0.5, 0.6) is 0 Å². The summed E-state index contributed by atoms with van der Waals surface area (Å²) in [6.07, 6.45) is 0.912. The molecule has 17 heavy (non-hydrogen) atoms. The molecule has 1 aromatic heterocycles. The Kier molecular flexibility index (Phi) is 4.37. The summed E-state index contributed by atoms with van der Waals surface area (Å²) in [5.41, 5.74) is 1.03. The first-order chi connectivity index (χ1) is 8.15. The highest BCUT2D eigenvalue weighted by Crippen LogP contribution is 2.23. The van der Waals surface area contributed by atoms with Crippen molar-refractivity contribution in [1.82, 2.24) is 0 Å². The van der Waals surface area contributed by atoms with Crippen molar-refractivity contribution in [3.63, 3.8) is 0 Å². The van der Waals surface area contributed by atoms with Gasteiger partial charge >= 0.3 is 0 Å². The molecule has 0 saturated carbocycles. The van der Waals surface area contributed by atoms with Crippen molar-refractivity contribution in [3.8, 4) is 0 Å². The van der Waals surface area contributed by atoms with Crippen LogP contribution in [0.4, 0.5) is 0 Å². The molecular weight excluding hydrogens is 320 g/mol. The Morgan fingerprint density at radius 3 is 2.59 bits per heavy atom. The van der Waals surface area contributed by atoms with Crippen LogP contribution in [-0.2, 0) is 17.6 Å². The number of thiophene rings is 1. The molecule has 1 aromatic carbocycles. The summed E-state index contributed by atoms with van der Waals surface area (Å²) >= 11 is 10.7. The summed E-state index contributed by atoms with van der Waals surface area (Å²) < 4.78 is 1.71. The molecule has 2 rings (SSSR count). The van der Waals surface area contributed by atoms with Gasteiger partial charge in [0.05, 0.1) is 4.34 Å². The Labute approximate surface area is 118 Å². The highest BCUT2D eigenvalue weighted by molar-refractivity contribution is 9.10. The zero-order chi connectivity index (χ0) is 12.3. The molecule has 0 aliphatic heterocycles. The van der Waals surface area contributed by atoms with Gasteiger partial charge in [-0.25, -0.2) is 0 Å². The van der Waals surface area contributed by atoms with Crippen LogP contribution < -0.4 is 0 Å². The molecule has 0 bridgehead atoms. The fourth-order valence-electron chi connectivity index (χ4n) is 1.56. The van der Waals surface area contributed by atoms with Gasteiger partial charge in [-0.15, -0.1) is 11.3 Å². The van der Waals surface area contributed by atoms with Crippen molar-refractivity contribution in [2.75, 3.05) is 0 Å². The number of Topliss-reactive ketones (excluding diaryl/α,β-unsaturated/α-hetero) is 1. The number of halogens is 2. The largest absolute Gasteiger partial charge is 0.299 e. The van der Waals surface area contributed by atoms with Crippen LogP contribution in [-0.4, -0.2) is 5.78 Å². The lowest BCUT2D eigenvalue weighted by molar-refractivity contribution is -0.117. The lowest BCUT2D eigenvalue weighted by Crippen LogP contribution is -2.05. The van der Waals surface area contributed by atoms with Crippen molar-refractivity contribution >= 4 is 44.7 Å². The fourth-order valence-corrected chi connectivity index (χ4v) is 3.10. The van der Waals surface area contributed by atoms with Crippen LogP contribution in [0.2, 0.25) is 4.34 Å². The molecule has 88 valence electrons. The predicted molar refractivity (Wildman–Crippen MR) is 75.9 cm³/mol. The van der Waals surface area contributed by atoms with Crippen molar-refractivity contribution < 1.29 is 4.79 Å². The van der Waals surface area contributed by atoms with Crippen molar-refractivity contribution in [1.29, 1.82) is 0 Å². The quantitative estimate of drug-likeness (QED) is 0.806. The van der Waals surface area contributed by atoms with Crippen LogP contribution in [0, 0.1) is 0 Å². The molecule has 0 spiro atoms. The van der Waals surface area contributed by atoms with Gasteiger partial charge in [0, 0.05) is 22.2 Å². The highest BCUT2D eigenvalue weighted by atomic mass is 79.9. The lowest BCUT2D eigenvalue weighted by Gasteiger charge is -2.02. The van der Waals surface area contributed by atoms with Crippen LogP contribution in [0.15, 0.2) is 40.9 Å². The monoisotopic (exact) mass is 328 g/mol. The maximum Gasteiger partial charge on any atom is 0.142 e. The second kappa shape index (κ2) is 5.80. The smallest absolute Gasteiger partial charge is 0.142 e. The predicted octanol–water partition coefficient (Wildman–Crippen LogP) is 4.52. The normalized spacial score (nSPS) is 10.5. The van der Waals surface area contributed by atoms with Crippen molar-refractivity contribution in [3.05, 3.63) is 55.6 Å². The molecule has 4 heteroatoms. The molecule has 0 saturated heterocycles. The lowest BCUT2D eigenvalue weighted by atomic mass is 10.1. The molecule has 0 unspecified atom stereocenters. The molecule has 0 N–H and O–H groups in total. The van der Waals surface area contributed by atoms with E-state index in [9.17, 15) is 4.79 Å². The summed E-state index contributed by atoms with van der Waals surface area (Å²) in [6.45, 7) is 0. The van der Waals surface area contributed by atoms with Gasteiger partial charge in [-0.2, -0.15) is 0 Å². The van der Waals surface area contributed by atoms with E-state index >= 15 is 0 Å². The molecule has 0 aliphatic rings. The third-order valence-electron chi connectivity index (χ3n) is 2.35. The van der Waals surface area contributed by atoms with Gasteiger partial charge in [0.1, 0.15) is 5.78 Å². The number of hydrogen-bond acceptors (Lipinski definition) is 2. The van der Waals surface area contributed by atoms with E-state index in [1.807, 2.05) is 36.4 Å². The third kappa shape index (κ3) is 3.66. The number of ketones is 1. The summed E-state index contributed by atoms with van der Waals surface area (Å²) in [4.78, 5) is 12.9. The molecule has 0 amide bonds. The Bertz CT molecular complexity index is 536. The first kappa shape index (κ1) is 12.8. The summed E-state index contributed by atoms with van der Waals surface area (Å²) in [7, 11) is 0.